The number of anilines is 1. The number of carbonyl (C=O) groups excluding carboxylic acids is 2. The lowest BCUT2D eigenvalue weighted by molar-refractivity contribution is -0.120. The number of hydrogen-bond donors (Lipinski definition) is 1. The molecule has 3 nitrogen and oxygen atoms in total. The maximum Gasteiger partial charge on any atom is 0.235 e. The molecule has 4 heteroatoms. The van der Waals surface area contributed by atoms with Crippen LogP contribution in [-0.2, 0) is 16.6 Å². The van der Waals surface area contributed by atoms with Gasteiger partial charge in [0, 0.05) is 12.1 Å². The molecule has 0 bridgehead atoms. The third-order valence-corrected chi connectivity index (χ3v) is 5.64. The van der Waals surface area contributed by atoms with E-state index in [2.05, 4.69) is 5.32 Å². The summed E-state index contributed by atoms with van der Waals surface area (Å²) in [6.07, 6.45) is 0.680. The standard InChI is InChI=1S/C21H17NO2S/c23-18(19-11-6-12-25-19)14-21(13-15-7-2-1-3-8-15)16-9-4-5-10-17(16)22-20(21)24/h1-12H,13-14H2,(H,22,24)/t21-/m0/s1. The minimum Gasteiger partial charge on any atom is -0.325 e. The highest BCUT2D eigenvalue weighted by Crippen LogP contribution is 2.43. The predicted molar refractivity (Wildman–Crippen MR) is 100 cm³/mol. The molecule has 1 amide bonds. The number of rotatable bonds is 5. The van der Waals surface area contributed by atoms with E-state index in [1.807, 2.05) is 72.1 Å². The van der Waals surface area contributed by atoms with Gasteiger partial charge in [-0.05, 0) is 35.1 Å². The number of Topliss-reactive ketones (excluding diaryl/α,β-unsaturated/α-hetero) is 1. The van der Waals surface area contributed by atoms with Crippen LogP contribution in [0.3, 0.4) is 0 Å². The molecule has 2 aromatic carbocycles. The van der Waals surface area contributed by atoms with Crippen molar-refractivity contribution < 1.29 is 9.59 Å². The Labute approximate surface area is 150 Å². The molecule has 0 fully saturated rings. The predicted octanol–water partition coefficient (Wildman–Crippen LogP) is 4.45. The van der Waals surface area contributed by atoms with Crippen LogP contribution in [-0.4, -0.2) is 11.7 Å². The molecule has 0 spiro atoms. The van der Waals surface area contributed by atoms with Gasteiger partial charge in [0.05, 0.1) is 10.3 Å². The summed E-state index contributed by atoms with van der Waals surface area (Å²) in [5, 5.41) is 4.86. The molecule has 1 aromatic heterocycles. The number of para-hydroxylation sites is 1. The summed E-state index contributed by atoms with van der Waals surface area (Å²) in [5.41, 5.74) is 1.91. The topological polar surface area (TPSA) is 46.2 Å². The quantitative estimate of drug-likeness (QED) is 0.693. The van der Waals surface area contributed by atoms with Crippen LogP contribution in [0.4, 0.5) is 5.69 Å². The first kappa shape index (κ1) is 15.8. The summed E-state index contributed by atoms with van der Waals surface area (Å²) in [7, 11) is 0. The number of fused-ring (bicyclic) bond motifs is 1. The summed E-state index contributed by atoms with van der Waals surface area (Å²) in [6, 6.07) is 21.3. The van der Waals surface area contributed by atoms with Gasteiger partial charge in [-0.2, -0.15) is 0 Å². The van der Waals surface area contributed by atoms with Crippen molar-refractivity contribution in [1.82, 2.24) is 0 Å². The van der Waals surface area contributed by atoms with Crippen LogP contribution in [0.1, 0.15) is 27.2 Å². The molecule has 0 saturated carbocycles. The average molecular weight is 347 g/mol. The van der Waals surface area contributed by atoms with E-state index in [1.54, 1.807) is 0 Å². The zero-order valence-corrected chi connectivity index (χ0v) is 14.4. The van der Waals surface area contributed by atoms with Crippen LogP contribution in [0.15, 0.2) is 72.1 Å². The summed E-state index contributed by atoms with van der Waals surface area (Å²) >= 11 is 1.42. The molecule has 4 rings (SSSR count). The van der Waals surface area contributed by atoms with Crippen LogP contribution in [0, 0.1) is 0 Å². The van der Waals surface area contributed by atoms with Crippen molar-refractivity contribution in [2.24, 2.45) is 0 Å². The zero-order chi connectivity index (χ0) is 17.3. The number of ketones is 1. The van der Waals surface area contributed by atoms with Crippen molar-refractivity contribution in [3.05, 3.63) is 88.1 Å². The Morgan fingerprint density at radius 1 is 0.960 bits per heavy atom. The molecule has 25 heavy (non-hydrogen) atoms. The van der Waals surface area contributed by atoms with E-state index < -0.39 is 5.41 Å². The van der Waals surface area contributed by atoms with Crippen molar-refractivity contribution in [3.63, 3.8) is 0 Å². The van der Waals surface area contributed by atoms with Crippen LogP contribution in [0.25, 0.3) is 0 Å². The van der Waals surface area contributed by atoms with Crippen LogP contribution >= 0.6 is 11.3 Å². The number of hydrogen-bond acceptors (Lipinski definition) is 3. The molecule has 124 valence electrons. The molecule has 0 saturated heterocycles. The Morgan fingerprint density at radius 3 is 2.48 bits per heavy atom. The third-order valence-electron chi connectivity index (χ3n) is 4.73. The SMILES string of the molecule is O=C(C[C@]1(Cc2ccccc2)C(=O)Nc2ccccc21)c1cccs1. The van der Waals surface area contributed by atoms with Crippen molar-refractivity contribution in [2.75, 3.05) is 5.32 Å². The summed E-state index contributed by atoms with van der Waals surface area (Å²) in [6.45, 7) is 0. The van der Waals surface area contributed by atoms with Gasteiger partial charge in [0.15, 0.2) is 5.78 Å². The molecule has 0 aliphatic carbocycles. The first-order valence-electron chi connectivity index (χ1n) is 8.21. The number of amides is 1. The molecular formula is C21H17NO2S. The Morgan fingerprint density at radius 2 is 1.72 bits per heavy atom. The third kappa shape index (κ3) is 2.79. The van der Waals surface area contributed by atoms with Gasteiger partial charge in [-0.15, -0.1) is 11.3 Å². The van der Waals surface area contributed by atoms with Gasteiger partial charge in [0.1, 0.15) is 0 Å². The maximum atomic E-state index is 13.0. The van der Waals surface area contributed by atoms with E-state index >= 15 is 0 Å². The smallest absolute Gasteiger partial charge is 0.235 e. The van der Waals surface area contributed by atoms with Gasteiger partial charge in [0.2, 0.25) is 5.91 Å². The summed E-state index contributed by atoms with van der Waals surface area (Å²) in [5.74, 6) is -0.0831. The van der Waals surface area contributed by atoms with Crippen molar-refractivity contribution in [3.8, 4) is 0 Å². The highest BCUT2D eigenvalue weighted by Gasteiger charge is 2.48. The molecule has 0 radical (unpaired) electrons. The lowest BCUT2D eigenvalue weighted by atomic mass is 9.72. The fraction of sp³-hybridized carbons (Fsp3) is 0.143. The summed E-state index contributed by atoms with van der Waals surface area (Å²) < 4.78 is 0. The molecule has 1 aliphatic heterocycles. The van der Waals surface area contributed by atoms with Crippen molar-refractivity contribution >= 4 is 28.7 Å². The normalized spacial score (nSPS) is 18.6. The Kier molecular flexibility index (Phi) is 3.98. The fourth-order valence-corrected chi connectivity index (χ4v) is 4.19. The van der Waals surface area contributed by atoms with Gasteiger partial charge >= 0.3 is 0 Å². The zero-order valence-electron chi connectivity index (χ0n) is 13.6. The number of nitrogens with one attached hydrogen (secondary N) is 1. The van der Waals surface area contributed by atoms with Crippen LogP contribution in [0.5, 0.6) is 0 Å². The monoisotopic (exact) mass is 347 g/mol. The van der Waals surface area contributed by atoms with Gasteiger partial charge < -0.3 is 5.32 Å². The lowest BCUT2D eigenvalue weighted by Gasteiger charge is -2.27. The molecule has 1 atom stereocenters. The molecule has 0 unspecified atom stereocenters. The van der Waals surface area contributed by atoms with Crippen molar-refractivity contribution in [1.29, 1.82) is 0 Å². The van der Waals surface area contributed by atoms with E-state index in [4.69, 9.17) is 0 Å². The Bertz CT molecular complexity index is 918. The molecule has 2 heterocycles. The highest BCUT2D eigenvalue weighted by molar-refractivity contribution is 7.12. The molecular weight excluding hydrogens is 330 g/mol. The van der Waals surface area contributed by atoms with Gasteiger partial charge in [-0.3, -0.25) is 9.59 Å². The van der Waals surface area contributed by atoms with E-state index in [1.165, 1.54) is 11.3 Å². The molecule has 1 aliphatic rings. The first-order valence-corrected chi connectivity index (χ1v) is 9.09. The second-order valence-electron chi connectivity index (χ2n) is 6.32. The second-order valence-corrected chi connectivity index (χ2v) is 7.27. The lowest BCUT2D eigenvalue weighted by Crippen LogP contribution is -2.39. The molecule has 1 N–H and O–H groups in total. The van der Waals surface area contributed by atoms with Crippen LogP contribution < -0.4 is 5.32 Å². The van der Waals surface area contributed by atoms with Crippen molar-refractivity contribution in [2.45, 2.75) is 18.3 Å². The van der Waals surface area contributed by atoms with E-state index in [0.29, 0.717) is 11.3 Å². The molecule has 3 aromatic rings. The number of benzene rings is 2. The Balaban J connectivity index is 1.78. The Hall–Kier alpha value is -2.72. The van der Waals surface area contributed by atoms with E-state index in [-0.39, 0.29) is 18.1 Å². The minimum absolute atomic E-state index is 0.0118. The highest BCUT2D eigenvalue weighted by atomic mass is 32.1. The van der Waals surface area contributed by atoms with Crippen LogP contribution in [0.2, 0.25) is 0 Å². The van der Waals surface area contributed by atoms with Gasteiger partial charge in [-0.1, -0.05) is 54.6 Å². The summed E-state index contributed by atoms with van der Waals surface area (Å²) in [4.78, 5) is 26.5. The maximum absolute atomic E-state index is 13.0. The first-order chi connectivity index (χ1) is 12.2. The van der Waals surface area contributed by atoms with Gasteiger partial charge in [-0.25, -0.2) is 0 Å². The number of carbonyl (C=O) groups is 2. The van der Waals surface area contributed by atoms with E-state index in [0.717, 1.165) is 16.8 Å². The van der Waals surface area contributed by atoms with E-state index in [9.17, 15) is 9.59 Å². The van der Waals surface area contributed by atoms with Gasteiger partial charge in [0.25, 0.3) is 0 Å². The largest absolute Gasteiger partial charge is 0.325 e. The second kappa shape index (κ2) is 6.30. The average Bonchev–Trinajstić information content (AvgIpc) is 3.24. The number of thiophene rings is 1. The fourth-order valence-electron chi connectivity index (χ4n) is 3.53. The minimum atomic E-state index is -0.862.